The molecule has 0 amide bonds. The second-order valence-electron chi connectivity index (χ2n) is 4.89. The number of aryl methyl sites for hydroxylation is 2. The zero-order chi connectivity index (χ0) is 15.8. The van der Waals surface area contributed by atoms with Crippen molar-refractivity contribution in [2.45, 2.75) is 26.7 Å². The van der Waals surface area contributed by atoms with E-state index in [0.717, 1.165) is 16.7 Å². The van der Waals surface area contributed by atoms with Gasteiger partial charge in [-0.2, -0.15) is 0 Å². The lowest BCUT2D eigenvalue weighted by Crippen LogP contribution is -2.00. The lowest BCUT2D eigenvalue weighted by molar-refractivity contribution is -0.140. The smallest absolute Gasteiger partial charge is 0.305 e. The molecule has 2 N–H and O–H groups in total. The molecule has 3 heteroatoms. The topological polar surface area (TPSA) is 52.3 Å². The van der Waals surface area contributed by atoms with E-state index in [1.165, 1.54) is 18.2 Å². The molecule has 0 spiro atoms. The van der Waals surface area contributed by atoms with E-state index in [9.17, 15) is 4.79 Å². The van der Waals surface area contributed by atoms with Gasteiger partial charge in [0.2, 0.25) is 0 Å². The number of nitrogens with two attached hydrogens (primary N) is 1. The van der Waals surface area contributed by atoms with Gasteiger partial charge in [0.05, 0.1) is 7.11 Å². The Morgan fingerprint density at radius 3 is 2.38 bits per heavy atom. The van der Waals surface area contributed by atoms with E-state index < -0.39 is 0 Å². The molecule has 1 aromatic rings. The molecule has 21 heavy (non-hydrogen) atoms. The van der Waals surface area contributed by atoms with E-state index in [1.807, 2.05) is 12.1 Å². The van der Waals surface area contributed by atoms with Gasteiger partial charge >= 0.3 is 5.97 Å². The van der Waals surface area contributed by atoms with Crippen molar-refractivity contribution in [1.29, 1.82) is 0 Å². The first kappa shape index (κ1) is 16.8. The molecule has 0 aliphatic heterocycles. The summed E-state index contributed by atoms with van der Waals surface area (Å²) in [5.74, 6) is -0.229. The molecule has 0 heterocycles. The minimum Gasteiger partial charge on any atom is -0.469 e. The van der Waals surface area contributed by atoms with Crippen molar-refractivity contribution in [3.63, 3.8) is 0 Å². The fraction of sp³-hybridized carbons (Fsp3) is 0.278. The molecule has 3 nitrogen and oxygen atoms in total. The van der Waals surface area contributed by atoms with Gasteiger partial charge in [0, 0.05) is 12.6 Å². The van der Waals surface area contributed by atoms with Crippen molar-refractivity contribution in [3.05, 3.63) is 65.4 Å². The van der Waals surface area contributed by atoms with Crippen molar-refractivity contribution >= 4 is 11.5 Å². The van der Waals surface area contributed by atoms with Crippen molar-refractivity contribution in [1.82, 2.24) is 0 Å². The number of carbonyl (C=O) groups excluding carboxylic acids is 1. The van der Waals surface area contributed by atoms with Gasteiger partial charge in [-0.1, -0.05) is 30.9 Å². The number of methoxy groups -OCH3 is 1. The maximum Gasteiger partial charge on any atom is 0.305 e. The fourth-order valence-electron chi connectivity index (χ4n) is 2.25. The summed E-state index contributed by atoms with van der Waals surface area (Å²) >= 11 is 0. The van der Waals surface area contributed by atoms with Crippen LogP contribution in [0.15, 0.2) is 48.7 Å². The van der Waals surface area contributed by atoms with E-state index >= 15 is 0 Å². The molecule has 0 radical (unpaired) electrons. The maximum atomic E-state index is 11.2. The van der Waals surface area contributed by atoms with Gasteiger partial charge in [-0.15, -0.1) is 0 Å². The molecule has 0 atom stereocenters. The minimum absolute atomic E-state index is 0.229. The van der Waals surface area contributed by atoms with Crippen LogP contribution in [0.4, 0.5) is 0 Å². The first-order chi connectivity index (χ1) is 10.0. The van der Waals surface area contributed by atoms with Crippen LogP contribution < -0.4 is 5.73 Å². The van der Waals surface area contributed by atoms with Gasteiger partial charge in [-0.25, -0.2) is 0 Å². The quantitative estimate of drug-likeness (QED) is 0.641. The molecule has 0 fully saturated rings. The second kappa shape index (κ2) is 8.10. The summed E-state index contributed by atoms with van der Waals surface area (Å²) in [6.07, 6.45) is 6.24. The number of carbonyl (C=O) groups is 1. The van der Waals surface area contributed by atoms with Gasteiger partial charge < -0.3 is 10.5 Å². The van der Waals surface area contributed by atoms with Crippen LogP contribution in [0.25, 0.3) is 5.57 Å². The number of rotatable bonds is 6. The van der Waals surface area contributed by atoms with Gasteiger partial charge in [-0.05, 0) is 54.2 Å². The third-order valence-corrected chi connectivity index (χ3v) is 3.40. The summed E-state index contributed by atoms with van der Waals surface area (Å²) in [5.41, 5.74) is 11.1. The number of ether oxygens (including phenoxy) is 1. The normalized spacial score (nSPS) is 12.1. The molecule has 112 valence electrons. The van der Waals surface area contributed by atoms with Gasteiger partial charge in [0.25, 0.3) is 0 Å². The molecular weight excluding hydrogens is 262 g/mol. The summed E-state index contributed by atoms with van der Waals surface area (Å²) in [6, 6.07) is 6.14. The molecule has 0 unspecified atom stereocenters. The number of hydrogen-bond donors (Lipinski definition) is 1. The van der Waals surface area contributed by atoms with E-state index in [2.05, 4.69) is 37.3 Å². The average molecular weight is 285 g/mol. The van der Waals surface area contributed by atoms with E-state index in [1.54, 1.807) is 12.3 Å². The zero-order valence-electron chi connectivity index (χ0n) is 13.0. The average Bonchev–Trinajstić information content (AvgIpc) is 2.48. The highest BCUT2D eigenvalue weighted by atomic mass is 16.5. The second-order valence-corrected chi connectivity index (χ2v) is 4.89. The number of benzene rings is 1. The Balaban J connectivity index is 3.07. The van der Waals surface area contributed by atoms with E-state index in [4.69, 9.17) is 5.73 Å². The first-order valence-corrected chi connectivity index (χ1v) is 6.91. The highest BCUT2D eigenvalue weighted by molar-refractivity contribution is 5.79. The zero-order valence-corrected chi connectivity index (χ0v) is 13.0. The molecule has 0 aliphatic carbocycles. The van der Waals surface area contributed by atoms with Crippen LogP contribution in [0.3, 0.4) is 0 Å². The Morgan fingerprint density at radius 1 is 1.29 bits per heavy atom. The van der Waals surface area contributed by atoms with Gasteiger partial charge in [-0.3, -0.25) is 4.79 Å². The Hall–Kier alpha value is -2.29. The summed E-state index contributed by atoms with van der Waals surface area (Å²) in [6.45, 7) is 7.92. The largest absolute Gasteiger partial charge is 0.469 e. The maximum absolute atomic E-state index is 11.2. The van der Waals surface area contributed by atoms with Crippen LogP contribution in [-0.2, 0) is 9.53 Å². The Kier molecular flexibility index (Phi) is 6.47. The molecule has 1 aromatic carbocycles. The van der Waals surface area contributed by atoms with E-state index in [-0.39, 0.29) is 5.97 Å². The van der Waals surface area contributed by atoms with Crippen molar-refractivity contribution < 1.29 is 9.53 Å². The third-order valence-electron chi connectivity index (χ3n) is 3.40. The first-order valence-electron chi connectivity index (χ1n) is 6.91. The molecule has 1 rings (SSSR count). The molecular formula is C18H23NO2. The van der Waals surface area contributed by atoms with Crippen molar-refractivity contribution in [3.8, 4) is 0 Å². The van der Waals surface area contributed by atoms with Gasteiger partial charge in [0.15, 0.2) is 0 Å². The van der Waals surface area contributed by atoms with Crippen LogP contribution in [0, 0.1) is 13.8 Å². The lowest BCUT2D eigenvalue weighted by atomic mass is 9.94. The highest BCUT2D eigenvalue weighted by Crippen LogP contribution is 2.25. The lowest BCUT2D eigenvalue weighted by Gasteiger charge is -2.12. The molecule has 0 saturated carbocycles. The minimum atomic E-state index is -0.229. The van der Waals surface area contributed by atoms with Crippen LogP contribution in [0.1, 0.15) is 29.5 Å². The predicted molar refractivity (Wildman–Crippen MR) is 87.6 cm³/mol. The SMILES string of the molecule is C=C/C(=C\C(=C/N)c1c(C)cccc1C)CCC(=O)OC. The van der Waals surface area contributed by atoms with E-state index in [0.29, 0.717) is 12.8 Å². The van der Waals surface area contributed by atoms with Crippen LogP contribution in [0.5, 0.6) is 0 Å². The third kappa shape index (κ3) is 4.63. The number of allylic oxidation sites excluding steroid dienone is 4. The Labute approximate surface area is 126 Å². The molecule has 0 bridgehead atoms. The summed E-state index contributed by atoms with van der Waals surface area (Å²) in [4.78, 5) is 11.2. The standard InChI is InChI=1S/C18H23NO2/c1-5-15(9-10-17(20)21-4)11-16(12-19)18-13(2)7-6-8-14(18)3/h5-8,11-12H,1,9-10,19H2,2-4H3/b15-11+,16-12+. The fourth-order valence-corrected chi connectivity index (χ4v) is 2.25. The van der Waals surface area contributed by atoms with Crippen molar-refractivity contribution in [2.24, 2.45) is 5.73 Å². The molecule has 0 aliphatic rings. The monoisotopic (exact) mass is 285 g/mol. The number of hydrogen-bond acceptors (Lipinski definition) is 3. The van der Waals surface area contributed by atoms with Crippen LogP contribution in [-0.4, -0.2) is 13.1 Å². The van der Waals surface area contributed by atoms with Crippen LogP contribution in [0.2, 0.25) is 0 Å². The number of esters is 1. The Bertz CT molecular complexity index is 563. The summed E-state index contributed by atoms with van der Waals surface area (Å²) in [7, 11) is 1.39. The Morgan fingerprint density at radius 2 is 1.90 bits per heavy atom. The summed E-state index contributed by atoms with van der Waals surface area (Å²) in [5, 5.41) is 0. The highest BCUT2D eigenvalue weighted by Gasteiger charge is 2.08. The summed E-state index contributed by atoms with van der Waals surface area (Å²) < 4.78 is 4.66. The molecule has 0 aromatic heterocycles. The van der Waals surface area contributed by atoms with Crippen LogP contribution >= 0.6 is 0 Å². The predicted octanol–water partition coefficient (Wildman–Crippen LogP) is 3.67. The van der Waals surface area contributed by atoms with Gasteiger partial charge in [0.1, 0.15) is 0 Å². The molecule has 0 saturated heterocycles. The van der Waals surface area contributed by atoms with Crippen molar-refractivity contribution in [2.75, 3.05) is 7.11 Å².